The highest BCUT2D eigenvalue weighted by Crippen LogP contribution is 2.22. The van der Waals surface area contributed by atoms with Crippen LogP contribution in [0.1, 0.15) is 11.3 Å². The fourth-order valence-corrected chi connectivity index (χ4v) is 0.668. The van der Waals surface area contributed by atoms with Gasteiger partial charge in [0.25, 0.3) is 0 Å². The van der Waals surface area contributed by atoms with Gasteiger partial charge in [0.05, 0.1) is 6.20 Å². The fraction of sp³-hybridized carbons (Fsp3) is 0.167. The number of alkyl halides is 3. The summed E-state index contributed by atoms with van der Waals surface area (Å²) in [6.07, 6.45) is -4.22. The molecule has 7 heteroatoms. The van der Waals surface area contributed by atoms with E-state index in [0.717, 1.165) is 0 Å². The van der Waals surface area contributed by atoms with Gasteiger partial charge < -0.3 is 0 Å². The number of halogens is 3. The smallest absolute Gasteiger partial charge is 0.192 e. The second-order valence-electron chi connectivity index (χ2n) is 2.03. The van der Waals surface area contributed by atoms with Crippen LogP contribution in [0.5, 0.6) is 0 Å². The van der Waals surface area contributed by atoms with E-state index >= 15 is 0 Å². The molecule has 0 amide bonds. The standard InChI is InChI=1S/C6HF3N4/c7-6(8,9)13-3-4(1-10)5(2-11)12-13/h3H. The van der Waals surface area contributed by atoms with E-state index in [9.17, 15) is 13.2 Å². The van der Waals surface area contributed by atoms with Crippen molar-refractivity contribution in [2.45, 2.75) is 6.30 Å². The van der Waals surface area contributed by atoms with Crippen LogP contribution in [0, 0.1) is 22.7 Å². The summed E-state index contributed by atoms with van der Waals surface area (Å²) in [7, 11) is 0. The van der Waals surface area contributed by atoms with Crippen molar-refractivity contribution in [1.29, 1.82) is 10.5 Å². The average molecular weight is 186 g/mol. The minimum absolute atomic E-state index is 0.371. The summed E-state index contributed by atoms with van der Waals surface area (Å²) in [5, 5.41) is 19.5. The van der Waals surface area contributed by atoms with E-state index in [1.165, 1.54) is 12.1 Å². The Balaban J connectivity index is 3.26. The van der Waals surface area contributed by atoms with Crippen molar-refractivity contribution < 1.29 is 13.2 Å². The maximum atomic E-state index is 11.9. The third kappa shape index (κ3) is 1.59. The molecule has 1 aromatic rings. The largest absolute Gasteiger partial charge is 0.504 e. The molecule has 13 heavy (non-hydrogen) atoms. The number of hydrogen-bond acceptors (Lipinski definition) is 3. The highest BCUT2D eigenvalue weighted by Gasteiger charge is 2.33. The molecule has 0 fully saturated rings. The molecule has 0 aromatic carbocycles. The lowest BCUT2D eigenvalue weighted by atomic mass is 10.3. The lowest BCUT2D eigenvalue weighted by molar-refractivity contribution is -0.212. The van der Waals surface area contributed by atoms with Crippen LogP contribution in [0.2, 0.25) is 0 Å². The molecule has 0 atom stereocenters. The Bertz CT molecular complexity index is 371. The van der Waals surface area contributed by atoms with Gasteiger partial charge in [0.2, 0.25) is 0 Å². The van der Waals surface area contributed by atoms with Crippen molar-refractivity contribution in [3.8, 4) is 12.1 Å². The summed E-state index contributed by atoms with van der Waals surface area (Å²) in [5.41, 5.74) is -0.917. The van der Waals surface area contributed by atoms with E-state index in [1.807, 2.05) is 0 Å². The molecule has 1 heterocycles. The van der Waals surface area contributed by atoms with Crippen molar-refractivity contribution in [2.75, 3.05) is 0 Å². The van der Waals surface area contributed by atoms with Crippen LogP contribution in [0.15, 0.2) is 6.20 Å². The highest BCUT2D eigenvalue weighted by atomic mass is 19.4. The Hall–Kier alpha value is -2.02. The van der Waals surface area contributed by atoms with Gasteiger partial charge in [0.15, 0.2) is 5.69 Å². The molecule has 0 unspecified atom stereocenters. The minimum Gasteiger partial charge on any atom is -0.192 e. The van der Waals surface area contributed by atoms with E-state index < -0.39 is 12.0 Å². The summed E-state index contributed by atoms with van der Waals surface area (Å²) in [6.45, 7) is 0. The summed E-state index contributed by atoms with van der Waals surface area (Å²) in [4.78, 5) is 0. The van der Waals surface area contributed by atoms with Crippen molar-refractivity contribution >= 4 is 0 Å². The van der Waals surface area contributed by atoms with Gasteiger partial charge >= 0.3 is 6.30 Å². The molecule has 0 aliphatic carbocycles. The third-order valence-corrected chi connectivity index (χ3v) is 1.20. The Labute approximate surface area is 70.4 Å². The molecule has 0 aliphatic rings. The van der Waals surface area contributed by atoms with Gasteiger partial charge in [-0.2, -0.15) is 20.3 Å². The van der Waals surface area contributed by atoms with Gasteiger partial charge in [-0.15, -0.1) is 13.2 Å². The van der Waals surface area contributed by atoms with Gasteiger partial charge in [-0.05, 0) is 0 Å². The van der Waals surface area contributed by atoms with E-state index in [-0.39, 0.29) is 10.2 Å². The monoisotopic (exact) mass is 186 g/mol. The number of aromatic nitrogens is 2. The van der Waals surface area contributed by atoms with E-state index in [1.54, 1.807) is 0 Å². The topological polar surface area (TPSA) is 65.4 Å². The Morgan fingerprint density at radius 2 is 1.92 bits per heavy atom. The van der Waals surface area contributed by atoms with Crippen LogP contribution < -0.4 is 0 Å². The van der Waals surface area contributed by atoms with Gasteiger partial charge in [0.1, 0.15) is 17.7 Å². The van der Waals surface area contributed by atoms with Gasteiger partial charge in [-0.3, -0.25) is 0 Å². The molecular formula is C6HF3N4. The molecule has 66 valence electrons. The van der Waals surface area contributed by atoms with E-state index in [0.29, 0.717) is 6.20 Å². The van der Waals surface area contributed by atoms with Gasteiger partial charge in [-0.25, -0.2) is 0 Å². The molecule has 1 rings (SSSR count). The van der Waals surface area contributed by atoms with Crippen LogP contribution >= 0.6 is 0 Å². The molecule has 0 radical (unpaired) electrons. The molecule has 0 saturated heterocycles. The summed E-state index contributed by atoms with van der Waals surface area (Å²) < 4.78 is 35.4. The van der Waals surface area contributed by atoms with E-state index in [2.05, 4.69) is 5.10 Å². The zero-order valence-electron chi connectivity index (χ0n) is 6.00. The first-order chi connectivity index (χ1) is 5.99. The van der Waals surface area contributed by atoms with Gasteiger partial charge in [0, 0.05) is 0 Å². The predicted molar refractivity (Wildman–Crippen MR) is 33.0 cm³/mol. The Morgan fingerprint density at radius 3 is 2.23 bits per heavy atom. The first kappa shape index (κ1) is 9.07. The Morgan fingerprint density at radius 1 is 1.31 bits per heavy atom. The number of hydrogen-bond donors (Lipinski definition) is 0. The average Bonchev–Trinajstić information content (AvgIpc) is 2.45. The number of nitriles is 2. The van der Waals surface area contributed by atoms with Crippen molar-refractivity contribution in [2.24, 2.45) is 0 Å². The summed E-state index contributed by atoms with van der Waals surface area (Å²) >= 11 is 0. The zero-order chi connectivity index (χ0) is 10.1. The quantitative estimate of drug-likeness (QED) is 0.609. The lowest BCUT2D eigenvalue weighted by Crippen LogP contribution is -2.17. The first-order valence-electron chi connectivity index (χ1n) is 2.96. The molecule has 4 nitrogen and oxygen atoms in total. The highest BCUT2D eigenvalue weighted by molar-refractivity contribution is 5.38. The third-order valence-electron chi connectivity index (χ3n) is 1.20. The van der Waals surface area contributed by atoms with Gasteiger partial charge in [-0.1, -0.05) is 0 Å². The predicted octanol–water partition coefficient (Wildman–Crippen LogP) is 1.10. The lowest BCUT2D eigenvalue weighted by Gasteiger charge is -2.03. The van der Waals surface area contributed by atoms with Crippen molar-refractivity contribution in [3.05, 3.63) is 17.5 Å². The van der Waals surface area contributed by atoms with Crippen LogP contribution in [-0.2, 0) is 6.30 Å². The second kappa shape index (κ2) is 2.79. The number of nitrogens with zero attached hydrogens (tertiary/aromatic N) is 4. The maximum absolute atomic E-state index is 11.9. The van der Waals surface area contributed by atoms with Crippen molar-refractivity contribution in [3.63, 3.8) is 0 Å². The summed E-state index contributed by atoms with van der Waals surface area (Å²) in [5.74, 6) is 0. The molecule has 1 aromatic heterocycles. The zero-order valence-corrected chi connectivity index (χ0v) is 6.00. The first-order valence-corrected chi connectivity index (χ1v) is 2.96. The molecule has 0 saturated carbocycles. The molecule has 0 bridgehead atoms. The van der Waals surface area contributed by atoms with Crippen LogP contribution in [0.3, 0.4) is 0 Å². The molecule has 0 aliphatic heterocycles. The maximum Gasteiger partial charge on any atom is 0.504 e. The Kier molecular flexibility index (Phi) is 1.95. The molecular weight excluding hydrogens is 185 g/mol. The minimum atomic E-state index is -4.69. The molecule has 0 spiro atoms. The van der Waals surface area contributed by atoms with Crippen LogP contribution in [0.4, 0.5) is 13.2 Å². The summed E-state index contributed by atoms with van der Waals surface area (Å²) in [6, 6.07) is 2.82. The van der Waals surface area contributed by atoms with E-state index in [4.69, 9.17) is 10.5 Å². The molecule has 0 N–H and O–H groups in total. The second-order valence-corrected chi connectivity index (χ2v) is 2.03. The number of rotatable bonds is 0. The van der Waals surface area contributed by atoms with Crippen LogP contribution in [-0.4, -0.2) is 9.78 Å². The normalized spacial score (nSPS) is 10.5. The van der Waals surface area contributed by atoms with Crippen molar-refractivity contribution in [1.82, 2.24) is 9.78 Å². The van der Waals surface area contributed by atoms with Crippen LogP contribution in [0.25, 0.3) is 0 Å². The fourth-order valence-electron chi connectivity index (χ4n) is 0.668. The SMILES string of the molecule is N#Cc1cn(C(F)(F)F)nc1C#N.